The van der Waals surface area contributed by atoms with Gasteiger partial charge in [-0.15, -0.1) is 0 Å². The molecule has 0 bridgehead atoms. The normalized spacial score (nSPS) is 12.0. The van der Waals surface area contributed by atoms with Gasteiger partial charge in [-0.1, -0.05) is 12.1 Å². The van der Waals surface area contributed by atoms with Crippen molar-refractivity contribution in [1.82, 2.24) is 0 Å². The summed E-state index contributed by atoms with van der Waals surface area (Å²) >= 11 is 4.41. The Kier molecular flexibility index (Phi) is 3.52. The minimum absolute atomic E-state index is 0.200. The maximum atomic E-state index is 10.3. The number of nitrogens with zero attached hydrogens (tertiary/aromatic N) is 1. The summed E-state index contributed by atoms with van der Waals surface area (Å²) in [4.78, 5) is 10.3. The molecule has 0 saturated heterocycles. The average Bonchev–Trinajstić information content (AvgIpc) is 2.17. The molecule has 0 spiro atoms. The molecule has 0 aliphatic heterocycles. The van der Waals surface area contributed by atoms with Crippen molar-refractivity contribution in [3.8, 4) is 5.75 Å². The lowest BCUT2D eigenvalue weighted by Crippen LogP contribution is -2.08. The van der Waals surface area contributed by atoms with Crippen LogP contribution in [0.4, 0.5) is 0 Å². The monoisotopic (exact) mass is 194 g/mol. The molecule has 67 valence electrons. The number of aromatic hydroxyl groups is 1. The molecule has 4 heteroatoms. The summed E-state index contributed by atoms with van der Waals surface area (Å²) in [7, 11) is 0. The zero-order valence-electron chi connectivity index (χ0n) is 6.80. The van der Waals surface area contributed by atoms with Gasteiger partial charge in [0, 0.05) is 18.8 Å². The van der Waals surface area contributed by atoms with Crippen LogP contribution in [0.5, 0.6) is 5.75 Å². The zero-order chi connectivity index (χ0) is 9.68. The first-order valence-corrected chi connectivity index (χ1v) is 4.11. The summed E-state index contributed by atoms with van der Waals surface area (Å²) in [5.41, 5.74) is 0.903. The van der Waals surface area contributed by atoms with Gasteiger partial charge in [0.05, 0.1) is 0 Å². The van der Waals surface area contributed by atoms with Gasteiger partial charge in [-0.2, -0.15) is 0 Å². The topological polar surface area (TPSA) is 49.7 Å². The highest BCUT2D eigenvalue weighted by Gasteiger charge is 2.06. The van der Waals surface area contributed by atoms with Crippen LogP contribution in [0.3, 0.4) is 0 Å². The first-order valence-electron chi connectivity index (χ1n) is 3.74. The number of rotatable bonds is 4. The minimum Gasteiger partial charge on any atom is -0.508 e. The van der Waals surface area contributed by atoms with Crippen molar-refractivity contribution < 1.29 is 9.90 Å². The van der Waals surface area contributed by atoms with Crippen molar-refractivity contribution in [2.24, 2.45) is 4.36 Å². The fourth-order valence-corrected chi connectivity index (χ4v) is 1.07. The van der Waals surface area contributed by atoms with Crippen molar-refractivity contribution in [2.45, 2.75) is 12.5 Å². The number of hydrogen-bond donors (Lipinski definition) is 1. The molecule has 0 aliphatic carbocycles. The summed E-state index contributed by atoms with van der Waals surface area (Å²) in [6.07, 6.45) is 2.17. The molecule has 0 aliphatic rings. The third kappa shape index (κ3) is 2.91. The largest absolute Gasteiger partial charge is 0.508 e. The van der Waals surface area contributed by atoms with E-state index in [2.05, 4.69) is 16.8 Å². The van der Waals surface area contributed by atoms with Gasteiger partial charge in [-0.3, -0.25) is 4.79 Å². The van der Waals surface area contributed by atoms with Crippen LogP contribution in [0, 0.1) is 0 Å². The molecule has 0 amide bonds. The first-order chi connectivity index (χ1) is 6.26. The minimum atomic E-state index is -0.584. The van der Waals surface area contributed by atoms with E-state index in [0.717, 1.165) is 5.56 Å². The lowest BCUT2D eigenvalue weighted by Gasteiger charge is -2.02. The van der Waals surface area contributed by atoms with Gasteiger partial charge in [-0.05, 0) is 17.7 Å². The Labute approximate surface area is 81.6 Å². The Balaban J connectivity index is 2.68. The quantitative estimate of drug-likeness (QED) is 0.782. The maximum absolute atomic E-state index is 10.3. The van der Waals surface area contributed by atoms with Crippen molar-refractivity contribution in [3.05, 3.63) is 29.8 Å². The molecule has 13 heavy (non-hydrogen) atoms. The lowest BCUT2D eigenvalue weighted by atomic mass is 10.1. The molecule has 0 fully saturated rings. The lowest BCUT2D eigenvalue weighted by molar-refractivity contribution is 0.475. The number of phenolic OH excluding ortho intramolecular Hbond substituents is 1. The van der Waals surface area contributed by atoms with Crippen LogP contribution in [0.15, 0.2) is 28.6 Å². The highest BCUT2D eigenvalue weighted by atomic mass is 32.1. The Bertz CT molecular complexity index is 289. The van der Waals surface area contributed by atoms with Crippen LogP contribution in [0.25, 0.3) is 0 Å². The first kappa shape index (κ1) is 9.80. The summed E-state index contributed by atoms with van der Waals surface area (Å²) in [6, 6.07) is 5.97. The second-order valence-corrected chi connectivity index (χ2v) is 2.82. The molecule has 0 heterocycles. The molecule has 1 N–H and O–H groups in total. The van der Waals surface area contributed by atoms with E-state index in [-0.39, 0.29) is 5.75 Å². The van der Waals surface area contributed by atoms with E-state index in [9.17, 15) is 4.79 Å². The number of phenols is 1. The molecule has 0 saturated carbocycles. The molecule has 1 aromatic rings. The van der Waals surface area contributed by atoms with Crippen molar-refractivity contribution in [1.29, 1.82) is 0 Å². The Morgan fingerprint density at radius 2 is 2.08 bits per heavy atom. The third-order valence-corrected chi connectivity index (χ3v) is 1.88. The maximum Gasteiger partial charge on any atom is 0.226 e. The van der Waals surface area contributed by atoms with Gasteiger partial charge in [0.25, 0.3) is 0 Å². The summed E-state index contributed by atoms with van der Waals surface area (Å²) < 4.78 is 3.42. The van der Waals surface area contributed by atoms with E-state index >= 15 is 0 Å². The third-order valence-electron chi connectivity index (χ3n) is 1.63. The summed E-state index contributed by atoms with van der Waals surface area (Å²) in [5.74, 6) is 0.200. The molecule has 1 atom stereocenters. The molecule has 1 rings (SSSR count). The summed E-state index contributed by atoms with van der Waals surface area (Å²) in [6.45, 7) is 0. The van der Waals surface area contributed by atoms with Gasteiger partial charge in [0.2, 0.25) is 6.29 Å². The van der Waals surface area contributed by atoms with Gasteiger partial charge in [0.15, 0.2) is 0 Å². The van der Waals surface area contributed by atoms with Crippen LogP contribution < -0.4 is 0 Å². The molecule has 3 nitrogen and oxygen atoms in total. The summed E-state index contributed by atoms with van der Waals surface area (Å²) in [5, 5.41) is 8.98. The highest BCUT2D eigenvalue weighted by molar-refractivity contribution is 7.47. The Morgan fingerprint density at radius 1 is 1.46 bits per heavy atom. The fraction of sp³-hybridized carbons (Fsp3) is 0.222. The van der Waals surface area contributed by atoms with Crippen LogP contribution in [0.2, 0.25) is 0 Å². The van der Waals surface area contributed by atoms with Gasteiger partial charge < -0.3 is 5.11 Å². The molecular formula is C9H8NO2S. The van der Waals surface area contributed by atoms with E-state index in [1.54, 1.807) is 30.6 Å². The smallest absolute Gasteiger partial charge is 0.226 e. The molecule has 0 unspecified atom stereocenters. The van der Waals surface area contributed by atoms with E-state index in [1.165, 1.54) is 0 Å². The van der Waals surface area contributed by atoms with E-state index < -0.39 is 6.04 Å². The highest BCUT2D eigenvalue weighted by Crippen LogP contribution is 2.11. The fourth-order valence-electron chi connectivity index (χ4n) is 0.956. The Morgan fingerprint density at radius 3 is 2.54 bits per heavy atom. The second kappa shape index (κ2) is 4.67. The van der Waals surface area contributed by atoms with Gasteiger partial charge in [0.1, 0.15) is 11.8 Å². The van der Waals surface area contributed by atoms with Crippen LogP contribution in [0.1, 0.15) is 5.56 Å². The predicted octanol–water partition coefficient (Wildman–Crippen LogP) is 1.14. The molecule has 1 radical (unpaired) electrons. The second-order valence-electron chi connectivity index (χ2n) is 2.61. The predicted molar refractivity (Wildman–Crippen MR) is 51.1 cm³/mol. The zero-order valence-corrected chi connectivity index (χ0v) is 7.62. The number of hydrogen-bond acceptors (Lipinski definition) is 4. The van der Waals surface area contributed by atoms with E-state index in [0.29, 0.717) is 6.42 Å². The molecular weight excluding hydrogens is 186 g/mol. The van der Waals surface area contributed by atoms with Crippen molar-refractivity contribution in [2.75, 3.05) is 0 Å². The number of benzene rings is 1. The van der Waals surface area contributed by atoms with Crippen molar-refractivity contribution >= 4 is 18.7 Å². The molecule has 0 aromatic heterocycles. The Hall–Kier alpha value is -1.29. The van der Waals surface area contributed by atoms with Crippen LogP contribution in [-0.2, 0) is 23.6 Å². The number of carbonyl (C=O) groups excluding carboxylic acids is 1. The molecule has 1 aromatic carbocycles. The standard InChI is InChI=1S/C9H8NO2S/c11-6-8(10-13)5-7-1-3-9(12)4-2-7/h1-4,8,12H,5H2/t8-/m0/s1. The van der Waals surface area contributed by atoms with Crippen molar-refractivity contribution in [3.63, 3.8) is 0 Å². The SMILES string of the molecule is O=[C][C@H](Cc1ccc(O)cc1)N=S. The van der Waals surface area contributed by atoms with Crippen LogP contribution >= 0.6 is 0 Å². The van der Waals surface area contributed by atoms with E-state index in [4.69, 9.17) is 5.11 Å². The van der Waals surface area contributed by atoms with Gasteiger partial charge >= 0.3 is 0 Å². The van der Waals surface area contributed by atoms with Crippen LogP contribution in [-0.4, -0.2) is 17.4 Å². The van der Waals surface area contributed by atoms with E-state index in [1.807, 2.05) is 0 Å². The average molecular weight is 194 g/mol. The van der Waals surface area contributed by atoms with Gasteiger partial charge in [-0.25, -0.2) is 4.36 Å².